The molecule has 0 N–H and O–H groups in total. The van der Waals surface area contributed by atoms with Crippen molar-refractivity contribution >= 4 is 23.0 Å². The molecule has 26 heavy (non-hydrogen) atoms. The number of non-ortho nitro benzene ring substituents is 1. The molecule has 1 aromatic carbocycles. The average Bonchev–Trinajstić information content (AvgIpc) is 3.30. The molecule has 130 valence electrons. The summed E-state index contributed by atoms with van der Waals surface area (Å²) in [6.45, 7) is 1.96. The Morgan fingerprint density at radius 1 is 1.19 bits per heavy atom. The third-order valence-electron chi connectivity index (χ3n) is 3.80. The number of nitro benzene ring substituents is 1. The number of aromatic nitrogens is 4. The van der Waals surface area contributed by atoms with Crippen LogP contribution in [0.4, 0.5) is 5.69 Å². The van der Waals surface area contributed by atoms with Gasteiger partial charge in [0.15, 0.2) is 5.16 Å². The maximum Gasteiger partial charge on any atom is 0.269 e. The maximum absolute atomic E-state index is 10.7. The predicted molar refractivity (Wildman–Crippen MR) is 95.9 cm³/mol. The zero-order valence-electron chi connectivity index (χ0n) is 13.6. The molecule has 0 radical (unpaired) electrons. The van der Waals surface area contributed by atoms with Crippen molar-refractivity contribution in [1.29, 1.82) is 0 Å². The highest BCUT2D eigenvalue weighted by Gasteiger charge is 2.19. The van der Waals surface area contributed by atoms with Crippen molar-refractivity contribution in [3.8, 4) is 11.5 Å². The van der Waals surface area contributed by atoms with Gasteiger partial charge >= 0.3 is 0 Å². The van der Waals surface area contributed by atoms with Crippen LogP contribution in [0.2, 0.25) is 0 Å². The summed E-state index contributed by atoms with van der Waals surface area (Å²) >= 11 is 1.51. The van der Waals surface area contributed by atoms with Gasteiger partial charge < -0.3 is 4.42 Å². The molecule has 0 fully saturated rings. The van der Waals surface area contributed by atoms with Gasteiger partial charge in [-0.3, -0.25) is 14.5 Å². The van der Waals surface area contributed by atoms with Crippen molar-refractivity contribution in [2.75, 3.05) is 0 Å². The molecule has 0 spiro atoms. The van der Waals surface area contributed by atoms with E-state index in [0.717, 1.165) is 10.7 Å². The van der Waals surface area contributed by atoms with E-state index in [2.05, 4.69) is 15.2 Å². The van der Waals surface area contributed by atoms with E-state index in [1.54, 1.807) is 12.1 Å². The Kier molecular flexibility index (Phi) is 4.13. The number of nitro groups is 1. The van der Waals surface area contributed by atoms with Crippen LogP contribution < -0.4 is 0 Å². The number of hydrogen-bond donors (Lipinski definition) is 0. The lowest BCUT2D eigenvalue weighted by atomic mass is 10.2. The molecule has 8 nitrogen and oxygen atoms in total. The SMILES string of the molecule is CC(Sc1ncc2ccccn12)c1nnc(-c2ccc([N+](=O)[O-])cc2)o1. The Morgan fingerprint density at radius 3 is 2.77 bits per heavy atom. The van der Waals surface area contributed by atoms with Crippen LogP contribution in [-0.4, -0.2) is 24.5 Å². The van der Waals surface area contributed by atoms with E-state index in [1.165, 1.54) is 23.9 Å². The van der Waals surface area contributed by atoms with E-state index >= 15 is 0 Å². The van der Waals surface area contributed by atoms with E-state index in [4.69, 9.17) is 4.42 Å². The fourth-order valence-corrected chi connectivity index (χ4v) is 3.36. The lowest BCUT2D eigenvalue weighted by Gasteiger charge is -2.05. The van der Waals surface area contributed by atoms with Crippen LogP contribution in [0.5, 0.6) is 0 Å². The van der Waals surface area contributed by atoms with Crippen LogP contribution in [0.1, 0.15) is 18.1 Å². The molecule has 1 atom stereocenters. The van der Waals surface area contributed by atoms with E-state index in [0.29, 0.717) is 17.3 Å². The monoisotopic (exact) mass is 367 g/mol. The minimum absolute atomic E-state index is 0.0172. The summed E-state index contributed by atoms with van der Waals surface area (Å²) in [5.74, 6) is 0.798. The highest BCUT2D eigenvalue weighted by atomic mass is 32.2. The first-order chi connectivity index (χ1) is 12.6. The molecule has 0 amide bonds. The first-order valence-corrected chi connectivity index (χ1v) is 8.67. The predicted octanol–water partition coefficient (Wildman–Crippen LogP) is 4.15. The number of hydrogen-bond acceptors (Lipinski definition) is 7. The van der Waals surface area contributed by atoms with Crippen LogP contribution in [0, 0.1) is 10.1 Å². The zero-order valence-corrected chi connectivity index (χ0v) is 14.5. The van der Waals surface area contributed by atoms with E-state index < -0.39 is 4.92 Å². The van der Waals surface area contributed by atoms with Crippen LogP contribution in [-0.2, 0) is 0 Å². The molecule has 1 unspecified atom stereocenters. The molecule has 3 aromatic heterocycles. The van der Waals surface area contributed by atoms with Crippen molar-refractivity contribution in [3.63, 3.8) is 0 Å². The lowest BCUT2D eigenvalue weighted by molar-refractivity contribution is -0.384. The van der Waals surface area contributed by atoms with Crippen molar-refractivity contribution in [2.45, 2.75) is 17.3 Å². The quantitative estimate of drug-likeness (QED) is 0.297. The van der Waals surface area contributed by atoms with Gasteiger partial charge in [-0.25, -0.2) is 4.98 Å². The summed E-state index contributed by atoms with van der Waals surface area (Å²) in [5.41, 5.74) is 1.67. The zero-order chi connectivity index (χ0) is 18.1. The van der Waals surface area contributed by atoms with Crippen LogP contribution in [0.15, 0.2) is 64.4 Å². The molecule has 0 aliphatic rings. The summed E-state index contributed by atoms with van der Waals surface area (Å²) < 4.78 is 7.74. The topological polar surface area (TPSA) is 99.4 Å². The van der Waals surface area contributed by atoms with E-state index in [9.17, 15) is 10.1 Å². The molecule has 4 aromatic rings. The van der Waals surface area contributed by atoms with E-state index in [1.807, 2.05) is 41.9 Å². The second-order valence-corrected chi connectivity index (χ2v) is 6.85. The van der Waals surface area contributed by atoms with Crippen molar-refractivity contribution < 1.29 is 9.34 Å². The Labute approximate surface area is 152 Å². The first kappa shape index (κ1) is 16.3. The van der Waals surface area contributed by atoms with Gasteiger partial charge in [-0.1, -0.05) is 17.8 Å². The number of fused-ring (bicyclic) bond motifs is 1. The number of thioether (sulfide) groups is 1. The smallest absolute Gasteiger partial charge is 0.269 e. The molecule has 0 saturated heterocycles. The van der Waals surface area contributed by atoms with Crippen molar-refractivity contribution in [3.05, 3.63) is 70.9 Å². The summed E-state index contributed by atoms with van der Waals surface area (Å²) in [6, 6.07) is 11.9. The van der Waals surface area contributed by atoms with Crippen molar-refractivity contribution in [1.82, 2.24) is 19.6 Å². The lowest BCUT2D eigenvalue weighted by Crippen LogP contribution is -1.92. The summed E-state index contributed by atoms with van der Waals surface area (Å²) in [6.07, 6.45) is 3.76. The number of nitrogens with zero attached hydrogens (tertiary/aromatic N) is 5. The molecule has 0 bridgehead atoms. The van der Waals surface area contributed by atoms with Gasteiger partial charge in [0.2, 0.25) is 11.8 Å². The van der Waals surface area contributed by atoms with Gasteiger partial charge in [-0.15, -0.1) is 10.2 Å². The number of rotatable bonds is 5. The number of pyridine rings is 1. The van der Waals surface area contributed by atoms with Gasteiger partial charge in [-0.2, -0.15) is 0 Å². The first-order valence-electron chi connectivity index (χ1n) is 7.79. The van der Waals surface area contributed by atoms with Crippen LogP contribution in [0.25, 0.3) is 17.0 Å². The second-order valence-electron chi connectivity index (χ2n) is 5.55. The molecule has 3 heterocycles. The average molecular weight is 367 g/mol. The molecular weight excluding hydrogens is 354 g/mol. The van der Waals surface area contributed by atoms with Gasteiger partial charge in [0, 0.05) is 23.9 Å². The molecule has 4 rings (SSSR count). The summed E-state index contributed by atoms with van der Waals surface area (Å²) in [5, 5.41) is 19.6. The molecular formula is C17H13N5O3S. The van der Waals surface area contributed by atoms with Gasteiger partial charge in [-0.05, 0) is 31.2 Å². The van der Waals surface area contributed by atoms with Crippen LogP contribution >= 0.6 is 11.8 Å². The third-order valence-corrected chi connectivity index (χ3v) is 4.87. The summed E-state index contributed by atoms with van der Waals surface area (Å²) in [4.78, 5) is 14.7. The summed E-state index contributed by atoms with van der Waals surface area (Å²) in [7, 11) is 0. The molecule has 0 aliphatic carbocycles. The largest absolute Gasteiger partial charge is 0.419 e. The molecule has 9 heteroatoms. The highest BCUT2D eigenvalue weighted by Crippen LogP contribution is 2.34. The normalized spacial score (nSPS) is 12.3. The Hall–Kier alpha value is -3.20. The van der Waals surface area contributed by atoms with Gasteiger partial charge in [0.05, 0.1) is 21.9 Å². The van der Waals surface area contributed by atoms with Crippen LogP contribution in [0.3, 0.4) is 0 Å². The standard InChI is InChI=1S/C17H13N5O3S/c1-11(26-17-18-10-14-4-2-3-9-21(14)17)15-19-20-16(25-15)12-5-7-13(8-6-12)22(23)24/h2-11H,1H3. The van der Waals surface area contributed by atoms with E-state index in [-0.39, 0.29) is 10.9 Å². The number of benzene rings is 1. The molecule has 0 aliphatic heterocycles. The third kappa shape index (κ3) is 3.04. The minimum Gasteiger partial charge on any atom is -0.419 e. The Bertz CT molecular complexity index is 1070. The minimum atomic E-state index is -0.448. The molecule has 0 saturated carbocycles. The van der Waals surface area contributed by atoms with Crippen molar-refractivity contribution in [2.24, 2.45) is 0 Å². The van der Waals surface area contributed by atoms with Gasteiger partial charge in [0.1, 0.15) is 0 Å². The Morgan fingerprint density at radius 2 is 2.00 bits per heavy atom. The maximum atomic E-state index is 10.7. The Balaban J connectivity index is 1.54. The number of imidazole rings is 1. The van der Waals surface area contributed by atoms with Gasteiger partial charge in [0.25, 0.3) is 5.69 Å². The fraction of sp³-hybridized carbons (Fsp3) is 0.118. The highest BCUT2D eigenvalue weighted by molar-refractivity contribution is 7.99. The fourth-order valence-electron chi connectivity index (χ4n) is 2.46. The second kappa shape index (κ2) is 6.60.